The first kappa shape index (κ1) is 13.5. The molecule has 0 radical (unpaired) electrons. The molecule has 0 unspecified atom stereocenters. The molecule has 1 aliphatic rings. The summed E-state index contributed by atoms with van der Waals surface area (Å²) in [4.78, 5) is 18.4. The number of hydrazone groups is 1. The van der Waals surface area contributed by atoms with Gasteiger partial charge in [-0.15, -0.1) is 0 Å². The highest BCUT2D eigenvalue weighted by atomic mass is 16.1. The van der Waals surface area contributed by atoms with Gasteiger partial charge in [0.1, 0.15) is 0 Å². The minimum Gasteiger partial charge on any atom is -0.291 e. The minimum atomic E-state index is -0.201. The van der Waals surface area contributed by atoms with Gasteiger partial charge in [0.05, 0.1) is 5.71 Å². The first-order valence-electron chi connectivity index (χ1n) is 7.33. The van der Waals surface area contributed by atoms with E-state index >= 15 is 0 Å². The van der Waals surface area contributed by atoms with E-state index in [-0.39, 0.29) is 5.56 Å². The van der Waals surface area contributed by atoms with Crippen molar-refractivity contribution >= 4 is 11.7 Å². The summed E-state index contributed by atoms with van der Waals surface area (Å²) in [6.07, 6.45) is 0. The summed E-state index contributed by atoms with van der Waals surface area (Å²) < 4.78 is 0. The Morgan fingerprint density at radius 3 is 2.09 bits per heavy atom. The van der Waals surface area contributed by atoms with Crippen molar-refractivity contribution in [3.8, 4) is 11.1 Å². The van der Waals surface area contributed by atoms with Gasteiger partial charge in [-0.05, 0) is 18.1 Å². The Morgan fingerprint density at radius 2 is 1.52 bits per heavy atom. The Bertz CT molecular complexity index is 941. The molecule has 1 heterocycles. The molecule has 1 aliphatic carbocycles. The van der Waals surface area contributed by atoms with E-state index in [1.165, 1.54) is 6.07 Å². The summed E-state index contributed by atoms with van der Waals surface area (Å²) in [5.74, 6) is 0.337. The molecule has 1 aromatic heterocycles. The number of fused-ring (bicyclic) bond motifs is 3. The fourth-order valence-electron chi connectivity index (χ4n) is 2.86. The van der Waals surface area contributed by atoms with Crippen LogP contribution in [0, 0.1) is 6.92 Å². The van der Waals surface area contributed by atoms with Crippen LogP contribution in [0.3, 0.4) is 0 Å². The number of hydrogen-bond donors (Lipinski definition) is 2. The van der Waals surface area contributed by atoms with Crippen LogP contribution in [0.5, 0.6) is 0 Å². The van der Waals surface area contributed by atoms with Crippen LogP contribution in [0.25, 0.3) is 11.1 Å². The summed E-state index contributed by atoms with van der Waals surface area (Å²) in [5.41, 5.74) is 8.61. The standard InChI is InChI=1S/C18H14N4O/c1-11-10-16(23)20-18(19-11)22-21-17-14-8-4-2-6-12(14)13-7-3-5-9-15(13)17/h2-10H,1H3,(H2,19,20,22,23). The van der Waals surface area contributed by atoms with Crippen molar-refractivity contribution in [3.63, 3.8) is 0 Å². The Hall–Kier alpha value is -3.21. The molecule has 23 heavy (non-hydrogen) atoms. The molecule has 0 saturated carbocycles. The van der Waals surface area contributed by atoms with Gasteiger partial charge < -0.3 is 0 Å². The molecule has 112 valence electrons. The lowest BCUT2D eigenvalue weighted by Gasteiger charge is -2.04. The predicted molar refractivity (Wildman–Crippen MR) is 90.7 cm³/mol. The van der Waals surface area contributed by atoms with E-state index in [9.17, 15) is 4.79 Å². The fourth-order valence-corrected chi connectivity index (χ4v) is 2.86. The third kappa shape index (κ3) is 2.32. The van der Waals surface area contributed by atoms with Crippen molar-refractivity contribution < 1.29 is 0 Å². The maximum atomic E-state index is 11.5. The summed E-state index contributed by atoms with van der Waals surface area (Å²) in [6, 6.07) is 17.7. The molecule has 5 nitrogen and oxygen atoms in total. The van der Waals surface area contributed by atoms with Gasteiger partial charge in [0.25, 0.3) is 5.56 Å². The number of hydrogen-bond acceptors (Lipinski definition) is 4. The number of rotatable bonds is 2. The van der Waals surface area contributed by atoms with Crippen molar-refractivity contribution in [2.24, 2.45) is 5.10 Å². The number of anilines is 1. The van der Waals surface area contributed by atoms with E-state index in [0.717, 1.165) is 28.0 Å². The second-order valence-electron chi connectivity index (χ2n) is 5.40. The highest BCUT2D eigenvalue weighted by molar-refractivity contribution is 6.24. The number of aromatic nitrogens is 2. The first-order chi connectivity index (χ1) is 11.2. The van der Waals surface area contributed by atoms with Crippen LogP contribution in [-0.4, -0.2) is 15.7 Å². The maximum Gasteiger partial charge on any atom is 0.252 e. The molecule has 0 amide bonds. The first-order valence-corrected chi connectivity index (χ1v) is 7.33. The number of H-pyrrole nitrogens is 1. The van der Waals surface area contributed by atoms with Crippen molar-refractivity contribution in [1.29, 1.82) is 0 Å². The summed E-state index contributed by atoms with van der Waals surface area (Å²) in [7, 11) is 0. The Morgan fingerprint density at radius 1 is 0.957 bits per heavy atom. The zero-order valence-electron chi connectivity index (χ0n) is 12.5. The van der Waals surface area contributed by atoms with Gasteiger partial charge in [-0.3, -0.25) is 9.78 Å². The van der Waals surface area contributed by atoms with Gasteiger partial charge in [-0.25, -0.2) is 10.4 Å². The fraction of sp³-hybridized carbons (Fsp3) is 0.0556. The average molecular weight is 302 g/mol. The molecule has 2 N–H and O–H groups in total. The van der Waals surface area contributed by atoms with E-state index in [1.54, 1.807) is 6.92 Å². The molecular weight excluding hydrogens is 288 g/mol. The molecule has 3 aromatic rings. The number of nitrogens with zero attached hydrogens (tertiary/aromatic N) is 2. The number of aryl methyl sites for hydroxylation is 1. The highest BCUT2D eigenvalue weighted by Crippen LogP contribution is 2.36. The molecule has 0 spiro atoms. The van der Waals surface area contributed by atoms with Gasteiger partial charge in [-0.1, -0.05) is 48.5 Å². The summed E-state index contributed by atoms with van der Waals surface area (Å²) in [6.45, 7) is 1.77. The number of benzene rings is 2. The van der Waals surface area contributed by atoms with Crippen LogP contribution in [0.2, 0.25) is 0 Å². The molecule has 0 bridgehead atoms. The smallest absolute Gasteiger partial charge is 0.252 e. The van der Waals surface area contributed by atoms with Crippen LogP contribution in [-0.2, 0) is 0 Å². The van der Waals surface area contributed by atoms with E-state index in [1.807, 2.05) is 36.4 Å². The van der Waals surface area contributed by atoms with Gasteiger partial charge >= 0.3 is 0 Å². The lowest BCUT2D eigenvalue weighted by atomic mass is 10.1. The molecule has 2 aromatic carbocycles. The number of nitrogens with one attached hydrogen (secondary N) is 2. The van der Waals surface area contributed by atoms with Crippen molar-refractivity contribution in [3.05, 3.63) is 81.8 Å². The molecule has 0 fully saturated rings. The molecular formula is C18H14N4O. The van der Waals surface area contributed by atoms with E-state index < -0.39 is 0 Å². The molecule has 0 aliphatic heterocycles. The highest BCUT2D eigenvalue weighted by Gasteiger charge is 2.23. The Balaban J connectivity index is 1.80. The van der Waals surface area contributed by atoms with Gasteiger partial charge in [-0.2, -0.15) is 5.10 Å². The predicted octanol–water partition coefficient (Wildman–Crippen LogP) is 2.92. The second kappa shape index (κ2) is 5.21. The van der Waals surface area contributed by atoms with Gasteiger partial charge in [0.15, 0.2) is 0 Å². The maximum absolute atomic E-state index is 11.5. The lowest BCUT2D eigenvalue weighted by molar-refractivity contribution is 1.04. The van der Waals surface area contributed by atoms with Crippen molar-refractivity contribution in [2.45, 2.75) is 6.92 Å². The topological polar surface area (TPSA) is 70.1 Å². The van der Waals surface area contributed by atoms with Crippen molar-refractivity contribution in [2.75, 3.05) is 5.43 Å². The third-order valence-electron chi connectivity index (χ3n) is 3.80. The van der Waals surface area contributed by atoms with Crippen LogP contribution >= 0.6 is 0 Å². The average Bonchev–Trinajstić information content (AvgIpc) is 2.86. The summed E-state index contributed by atoms with van der Waals surface area (Å²) >= 11 is 0. The van der Waals surface area contributed by atoms with E-state index in [4.69, 9.17) is 0 Å². The van der Waals surface area contributed by atoms with E-state index in [2.05, 4.69) is 32.6 Å². The normalized spacial score (nSPS) is 11.8. The molecule has 5 heteroatoms. The van der Waals surface area contributed by atoms with Gasteiger partial charge in [0, 0.05) is 22.9 Å². The second-order valence-corrected chi connectivity index (χ2v) is 5.40. The van der Waals surface area contributed by atoms with Crippen LogP contribution in [0.15, 0.2) is 64.5 Å². The van der Waals surface area contributed by atoms with Crippen LogP contribution in [0.4, 0.5) is 5.95 Å². The Kier molecular flexibility index (Phi) is 3.05. The monoisotopic (exact) mass is 302 g/mol. The minimum absolute atomic E-state index is 0.201. The largest absolute Gasteiger partial charge is 0.291 e. The van der Waals surface area contributed by atoms with Crippen LogP contribution < -0.4 is 11.0 Å². The van der Waals surface area contributed by atoms with E-state index in [0.29, 0.717) is 11.6 Å². The third-order valence-corrected chi connectivity index (χ3v) is 3.80. The molecule has 4 rings (SSSR count). The lowest BCUT2D eigenvalue weighted by Crippen LogP contribution is -2.11. The van der Waals surface area contributed by atoms with Crippen molar-refractivity contribution in [1.82, 2.24) is 9.97 Å². The molecule has 0 saturated heterocycles. The quantitative estimate of drug-likeness (QED) is 0.559. The summed E-state index contributed by atoms with van der Waals surface area (Å²) in [5, 5.41) is 4.49. The SMILES string of the molecule is Cc1cc(=O)[nH]c(NN=C2c3ccccc3-c3ccccc32)n1. The van der Waals surface area contributed by atoms with Gasteiger partial charge in [0.2, 0.25) is 5.95 Å². The molecule has 0 atom stereocenters. The van der Waals surface area contributed by atoms with Crippen LogP contribution in [0.1, 0.15) is 16.8 Å². The zero-order valence-corrected chi connectivity index (χ0v) is 12.5. The zero-order chi connectivity index (χ0) is 15.8. The Labute approximate surface area is 132 Å². The number of aromatic amines is 1.